The SMILES string of the molecule is Cc1nc(-c2cc(F)ccc2F)sc1CNC(C)C. The van der Waals surface area contributed by atoms with Gasteiger partial charge in [-0.3, -0.25) is 0 Å². The van der Waals surface area contributed by atoms with E-state index in [1.807, 2.05) is 6.92 Å². The molecule has 19 heavy (non-hydrogen) atoms. The Kier molecular flexibility index (Phi) is 4.27. The van der Waals surface area contributed by atoms with Crippen molar-refractivity contribution in [3.63, 3.8) is 0 Å². The molecule has 0 fully saturated rings. The first-order valence-electron chi connectivity index (χ1n) is 6.12. The lowest BCUT2D eigenvalue weighted by atomic mass is 10.2. The monoisotopic (exact) mass is 282 g/mol. The van der Waals surface area contributed by atoms with E-state index >= 15 is 0 Å². The number of hydrogen-bond donors (Lipinski definition) is 1. The summed E-state index contributed by atoms with van der Waals surface area (Å²) in [7, 11) is 0. The van der Waals surface area contributed by atoms with E-state index in [4.69, 9.17) is 0 Å². The number of benzene rings is 1. The van der Waals surface area contributed by atoms with Gasteiger partial charge in [-0.2, -0.15) is 0 Å². The van der Waals surface area contributed by atoms with Crippen LogP contribution in [0.5, 0.6) is 0 Å². The largest absolute Gasteiger partial charge is 0.310 e. The van der Waals surface area contributed by atoms with Crippen LogP contribution >= 0.6 is 11.3 Å². The van der Waals surface area contributed by atoms with Gasteiger partial charge in [0.25, 0.3) is 0 Å². The molecule has 2 aromatic rings. The highest BCUT2D eigenvalue weighted by molar-refractivity contribution is 7.15. The van der Waals surface area contributed by atoms with Gasteiger partial charge in [0.05, 0.1) is 5.69 Å². The summed E-state index contributed by atoms with van der Waals surface area (Å²) in [5, 5.41) is 3.82. The first-order chi connectivity index (χ1) is 8.97. The smallest absolute Gasteiger partial charge is 0.133 e. The second kappa shape index (κ2) is 5.75. The van der Waals surface area contributed by atoms with Crippen LogP contribution in [-0.4, -0.2) is 11.0 Å². The number of thiazole rings is 1. The van der Waals surface area contributed by atoms with Crippen LogP contribution in [0.2, 0.25) is 0 Å². The van der Waals surface area contributed by atoms with Crippen LogP contribution in [0.15, 0.2) is 18.2 Å². The maximum atomic E-state index is 13.7. The number of nitrogens with zero attached hydrogens (tertiary/aromatic N) is 1. The number of hydrogen-bond acceptors (Lipinski definition) is 3. The molecule has 0 unspecified atom stereocenters. The quantitative estimate of drug-likeness (QED) is 0.920. The third-order valence-corrected chi connectivity index (χ3v) is 3.91. The second-order valence-corrected chi connectivity index (χ2v) is 5.77. The zero-order chi connectivity index (χ0) is 14.0. The third-order valence-electron chi connectivity index (χ3n) is 2.72. The van der Waals surface area contributed by atoms with Crippen molar-refractivity contribution >= 4 is 11.3 Å². The van der Waals surface area contributed by atoms with E-state index in [9.17, 15) is 8.78 Å². The molecule has 0 amide bonds. The molecule has 1 aromatic carbocycles. The highest BCUT2D eigenvalue weighted by atomic mass is 32.1. The topological polar surface area (TPSA) is 24.9 Å². The Bertz CT molecular complexity index is 579. The summed E-state index contributed by atoms with van der Waals surface area (Å²) in [6, 6.07) is 3.80. The first-order valence-corrected chi connectivity index (χ1v) is 6.94. The number of aromatic nitrogens is 1. The van der Waals surface area contributed by atoms with E-state index in [0.717, 1.165) is 22.7 Å². The van der Waals surface area contributed by atoms with Crippen LogP contribution in [-0.2, 0) is 6.54 Å². The Hall–Kier alpha value is -1.33. The molecule has 2 rings (SSSR count). The van der Waals surface area contributed by atoms with Gasteiger partial charge in [-0.15, -0.1) is 11.3 Å². The minimum Gasteiger partial charge on any atom is -0.310 e. The summed E-state index contributed by atoms with van der Waals surface area (Å²) in [4.78, 5) is 5.38. The molecule has 0 spiro atoms. The van der Waals surface area contributed by atoms with E-state index in [1.54, 1.807) is 0 Å². The molecule has 2 nitrogen and oxygen atoms in total. The molecule has 0 aliphatic carbocycles. The van der Waals surface area contributed by atoms with Crippen LogP contribution < -0.4 is 5.32 Å². The molecular formula is C14H16F2N2S. The molecule has 0 radical (unpaired) electrons. The van der Waals surface area contributed by atoms with Crippen molar-refractivity contribution in [2.24, 2.45) is 0 Å². The van der Waals surface area contributed by atoms with Crippen LogP contribution in [0.1, 0.15) is 24.4 Å². The summed E-state index contributed by atoms with van der Waals surface area (Å²) in [6.45, 7) is 6.69. The molecule has 1 heterocycles. The summed E-state index contributed by atoms with van der Waals surface area (Å²) < 4.78 is 26.9. The Morgan fingerprint density at radius 3 is 2.74 bits per heavy atom. The fourth-order valence-corrected chi connectivity index (χ4v) is 2.70. The van der Waals surface area contributed by atoms with Crippen molar-refractivity contribution < 1.29 is 8.78 Å². The van der Waals surface area contributed by atoms with E-state index in [1.165, 1.54) is 17.4 Å². The van der Waals surface area contributed by atoms with Gasteiger partial charge >= 0.3 is 0 Å². The number of nitrogens with one attached hydrogen (secondary N) is 1. The van der Waals surface area contributed by atoms with Crippen molar-refractivity contribution in [1.82, 2.24) is 10.3 Å². The minimum absolute atomic E-state index is 0.226. The van der Waals surface area contributed by atoms with Gasteiger partial charge in [0.2, 0.25) is 0 Å². The van der Waals surface area contributed by atoms with Crippen LogP contribution in [0.4, 0.5) is 8.78 Å². The molecule has 0 atom stereocenters. The normalized spacial score (nSPS) is 11.3. The van der Waals surface area contributed by atoms with E-state index in [-0.39, 0.29) is 5.56 Å². The highest BCUT2D eigenvalue weighted by Gasteiger charge is 2.13. The van der Waals surface area contributed by atoms with Crippen molar-refractivity contribution in [3.05, 3.63) is 40.4 Å². The van der Waals surface area contributed by atoms with E-state index in [2.05, 4.69) is 24.1 Å². The zero-order valence-electron chi connectivity index (χ0n) is 11.1. The van der Waals surface area contributed by atoms with Crippen LogP contribution in [0, 0.1) is 18.6 Å². The Balaban J connectivity index is 2.31. The molecule has 0 bridgehead atoms. The maximum absolute atomic E-state index is 13.7. The van der Waals surface area contributed by atoms with Crippen LogP contribution in [0.25, 0.3) is 10.6 Å². The molecule has 102 valence electrons. The average Bonchev–Trinajstić information content (AvgIpc) is 2.71. The summed E-state index contributed by atoms with van der Waals surface area (Å²) in [6.07, 6.45) is 0. The summed E-state index contributed by atoms with van der Waals surface area (Å²) in [5.74, 6) is -0.898. The fraction of sp³-hybridized carbons (Fsp3) is 0.357. The first kappa shape index (κ1) is 14.1. The number of aryl methyl sites for hydroxylation is 1. The van der Waals surface area contributed by atoms with Gasteiger partial charge < -0.3 is 5.32 Å². The standard InChI is InChI=1S/C14H16F2N2S/c1-8(2)17-7-13-9(3)18-14(19-13)11-6-10(15)4-5-12(11)16/h4-6,8,17H,7H2,1-3H3. The second-order valence-electron chi connectivity index (χ2n) is 4.69. The summed E-state index contributed by atoms with van der Waals surface area (Å²) >= 11 is 1.40. The van der Waals surface area contributed by atoms with E-state index < -0.39 is 11.6 Å². The van der Waals surface area contributed by atoms with Crippen molar-refractivity contribution in [1.29, 1.82) is 0 Å². The lowest BCUT2D eigenvalue weighted by molar-refractivity contribution is 0.591. The number of rotatable bonds is 4. The third kappa shape index (κ3) is 3.36. The zero-order valence-corrected chi connectivity index (χ0v) is 11.9. The fourth-order valence-electron chi connectivity index (χ4n) is 1.67. The van der Waals surface area contributed by atoms with Crippen molar-refractivity contribution in [2.75, 3.05) is 0 Å². The predicted molar refractivity (Wildman–Crippen MR) is 74.2 cm³/mol. The molecule has 0 saturated heterocycles. The summed E-state index contributed by atoms with van der Waals surface area (Å²) in [5.41, 5.74) is 1.08. The highest BCUT2D eigenvalue weighted by Crippen LogP contribution is 2.30. The minimum atomic E-state index is -0.453. The molecule has 5 heteroatoms. The lowest BCUT2D eigenvalue weighted by Crippen LogP contribution is -2.21. The molecule has 1 N–H and O–H groups in total. The lowest BCUT2D eigenvalue weighted by Gasteiger charge is -2.05. The Labute approximate surface area is 115 Å². The van der Waals surface area contributed by atoms with Crippen molar-refractivity contribution in [3.8, 4) is 10.6 Å². The van der Waals surface area contributed by atoms with Crippen molar-refractivity contribution in [2.45, 2.75) is 33.4 Å². The van der Waals surface area contributed by atoms with Gasteiger partial charge in [0.1, 0.15) is 16.6 Å². The molecule has 1 aromatic heterocycles. The number of halogens is 2. The maximum Gasteiger partial charge on any atom is 0.133 e. The molecule has 0 aliphatic heterocycles. The molecular weight excluding hydrogens is 266 g/mol. The van der Waals surface area contributed by atoms with Gasteiger partial charge in [0.15, 0.2) is 0 Å². The van der Waals surface area contributed by atoms with Crippen LogP contribution in [0.3, 0.4) is 0 Å². The van der Waals surface area contributed by atoms with E-state index in [0.29, 0.717) is 17.6 Å². The van der Waals surface area contributed by atoms with Gasteiger partial charge in [-0.25, -0.2) is 13.8 Å². The van der Waals surface area contributed by atoms with Gasteiger partial charge in [-0.1, -0.05) is 13.8 Å². The Morgan fingerprint density at radius 2 is 2.05 bits per heavy atom. The molecule has 0 saturated carbocycles. The van der Waals surface area contributed by atoms with Gasteiger partial charge in [-0.05, 0) is 25.1 Å². The Morgan fingerprint density at radius 1 is 1.32 bits per heavy atom. The molecule has 0 aliphatic rings. The average molecular weight is 282 g/mol. The van der Waals surface area contributed by atoms with Gasteiger partial charge in [0, 0.05) is 23.0 Å². The predicted octanol–water partition coefficient (Wildman–Crippen LogP) is 3.89.